The van der Waals surface area contributed by atoms with Gasteiger partial charge in [-0.25, -0.2) is 4.39 Å². The van der Waals surface area contributed by atoms with E-state index >= 15 is 4.39 Å². The molecule has 3 N–H and O–H groups in total. The second-order valence-corrected chi connectivity index (χ2v) is 12.5. The Balaban J connectivity index is 1.70. The van der Waals surface area contributed by atoms with Crippen molar-refractivity contribution >= 4 is 58.5 Å². The van der Waals surface area contributed by atoms with E-state index in [1.54, 1.807) is 25.1 Å². The lowest BCUT2D eigenvalue weighted by Crippen LogP contribution is -2.50. The summed E-state index contributed by atoms with van der Waals surface area (Å²) in [7, 11) is 14.2. The first-order valence-electron chi connectivity index (χ1n) is 14.8. The fourth-order valence-corrected chi connectivity index (χ4v) is 4.65. The Kier molecular flexibility index (Phi) is 10.2. The SMILES string of the molecule is BC(B)(B)NC(=O)c1nnc(NC(=O)C2CC2)cc1Nc1cc(F)cc(-c2cc(C(=O)N(C)CCCN(C)C)n(C)n2)c1OC. The fraction of sp³-hybridized carbons (Fsp3) is 0.429. The highest BCUT2D eigenvalue weighted by Gasteiger charge is 2.30. The standard InChI is InChI=1S/C28H39B3FN9O4/c1-39(2)9-6-10-40(3)27(44)21-13-18(38-41(21)4)17-11-16(32)12-20(24(17)45-5)33-19-14-22(34-25(42)15-7-8-15)36-37-23(19)26(43)35-28(29,30)31/h11-15H,6-10,29-31H2,1-5H3,(H,35,43)(H2,33,34,36,42). The maximum atomic E-state index is 15.2. The predicted octanol–water partition coefficient (Wildman–Crippen LogP) is -0.619. The summed E-state index contributed by atoms with van der Waals surface area (Å²) in [5, 5.41) is 20.7. The van der Waals surface area contributed by atoms with Crippen LogP contribution >= 0.6 is 0 Å². The molecule has 13 nitrogen and oxygen atoms in total. The molecule has 3 amide bonds. The summed E-state index contributed by atoms with van der Waals surface area (Å²) in [5.41, 5.74) is 1.21. The van der Waals surface area contributed by atoms with Crippen LogP contribution in [0.1, 0.15) is 40.2 Å². The first-order chi connectivity index (χ1) is 21.2. The molecule has 1 saturated carbocycles. The number of benzene rings is 1. The van der Waals surface area contributed by atoms with Crippen molar-refractivity contribution in [3.8, 4) is 17.0 Å². The molecule has 0 unspecified atom stereocenters. The lowest BCUT2D eigenvalue weighted by Gasteiger charge is -2.22. The van der Waals surface area contributed by atoms with Gasteiger partial charge in [-0.2, -0.15) is 5.10 Å². The van der Waals surface area contributed by atoms with Crippen molar-refractivity contribution in [3.63, 3.8) is 0 Å². The van der Waals surface area contributed by atoms with E-state index in [4.69, 9.17) is 4.74 Å². The number of ether oxygens (including phenoxy) is 1. The Hall–Kier alpha value is -4.40. The van der Waals surface area contributed by atoms with Gasteiger partial charge in [0.2, 0.25) is 5.91 Å². The van der Waals surface area contributed by atoms with Crippen molar-refractivity contribution in [2.24, 2.45) is 13.0 Å². The fourth-order valence-electron chi connectivity index (χ4n) is 4.65. The third-order valence-corrected chi connectivity index (χ3v) is 7.04. The van der Waals surface area contributed by atoms with Crippen LogP contribution in [0.3, 0.4) is 0 Å². The van der Waals surface area contributed by atoms with E-state index in [1.807, 2.05) is 37.6 Å². The van der Waals surface area contributed by atoms with Crippen LogP contribution in [0.25, 0.3) is 11.3 Å². The van der Waals surface area contributed by atoms with E-state index in [0.29, 0.717) is 17.9 Å². The molecule has 0 aliphatic heterocycles. The van der Waals surface area contributed by atoms with Gasteiger partial charge in [-0.3, -0.25) is 19.1 Å². The molecule has 0 radical (unpaired) electrons. The normalized spacial score (nSPS) is 13.0. The molecule has 45 heavy (non-hydrogen) atoms. The number of halogens is 1. The second kappa shape index (κ2) is 13.7. The van der Waals surface area contributed by atoms with Crippen molar-refractivity contribution in [3.05, 3.63) is 41.5 Å². The van der Waals surface area contributed by atoms with E-state index in [1.165, 1.54) is 30.0 Å². The van der Waals surface area contributed by atoms with E-state index in [9.17, 15) is 14.4 Å². The summed E-state index contributed by atoms with van der Waals surface area (Å²) < 4.78 is 22.4. The van der Waals surface area contributed by atoms with Gasteiger partial charge in [0.15, 0.2) is 17.3 Å². The average molecular weight is 617 g/mol. The smallest absolute Gasteiger partial charge is 0.272 e. The molecule has 1 aromatic carbocycles. The van der Waals surface area contributed by atoms with Crippen LogP contribution < -0.4 is 20.7 Å². The number of amides is 3. The highest BCUT2D eigenvalue weighted by Crippen LogP contribution is 2.39. The van der Waals surface area contributed by atoms with Gasteiger partial charge in [-0.1, -0.05) is 0 Å². The summed E-state index contributed by atoms with van der Waals surface area (Å²) in [4.78, 5) is 42.5. The maximum absolute atomic E-state index is 15.2. The monoisotopic (exact) mass is 617 g/mol. The number of nitrogens with one attached hydrogen (secondary N) is 3. The molecule has 1 fully saturated rings. The van der Waals surface area contributed by atoms with Crippen molar-refractivity contribution in [1.82, 2.24) is 35.1 Å². The Morgan fingerprint density at radius 3 is 2.40 bits per heavy atom. The number of carbonyl (C=O) groups excluding carboxylic acids is 3. The van der Waals surface area contributed by atoms with Gasteiger partial charge in [-0.05, 0) is 57.3 Å². The van der Waals surface area contributed by atoms with E-state index in [-0.39, 0.29) is 51.9 Å². The van der Waals surface area contributed by atoms with Gasteiger partial charge in [0.1, 0.15) is 35.0 Å². The second-order valence-electron chi connectivity index (χ2n) is 12.5. The van der Waals surface area contributed by atoms with Crippen molar-refractivity contribution < 1.29 is 23.5 Å². The van der Waals surface area contributed by atoms with Gasteiger partial charge >= 0.3 is 0 Å². The minimum Gasteiger partial charge on any atom is -0.494 e. The summed E-state index contributed by atoms with van der Waals surface area (Å²) in [6.07, 6.45) is 2.40. The maximum Gasteiger partial charge on any atom is 0.272 e. The van der Waals surface area contributed by atoms with Gasteiger partial charge < -0.3 is 30.5 Å². The van der Waals surface area contributed by atoms with Crippen molar-refractivity contribution in [1.29, 1.82) is 0 Å². The van der Waals surface area contributed by atoms with E-state index in [0.717, 1.165) is 25.8 Å². The zero-order valence-electron chi connectivity index (χ0n) is 27.1. The summed E-state index contributed by atoms with van der Waals surface area (Å²) in [6.45, 7) is 1.40. The van der Waals surface area contributed by atoms with Crippen LogP contribution in [0.5, 0.6) is 5.75 Å². The Morgan fingerprint density at radius 1 is 1.07 bits per heavy atom. The van der Waals surface area contributed by atoms with Crippen LogP contribution in [0.15, 0.2) is 24.3 Å². The summed E-state index contributed by atoms with van der Waals surface area (Å²) >= 11 is 0. The number of aromatic nitrogens is 4. The number of rotatable bonds is 13. The van der Waals surface area contributed by atoms with Gasteiger partial charge in [0.05, 0.1) is 24.2 Å². The molecule has 4 rings (SSSR count). The molecule has 3 aromatic rings. The number of carbonyl (C=O) groups is 3. The molecule has 0 saturated heterocycles. The van der Waals surface area contributed by atoms with E-state index < -0.39 is 17.0 Å². The molecule has 2 aromatic heterocycles. The van der Waals surface area contributed by atoms with Crippen LogP contribution in [0, 0.1) is 11.7 Å². The Morgan fingerprint density at radius 2 is 1.78 bits per heavy atom. The van der Waals surface area contributed by atoms with Crippen molar-refractivity contribution in [2.75, 3.05) is 52.0 Å². The number of methoxy groups -OCH3 is 1. The number of nitrogens with zero attached hydrogens (tertiary/aromatic N) is 6. The third-order valence-electron chi connectivity index (χ3n) is 7.04. The average Bonchev–Trinajstić information content (AvgIpc) is 3.73. The summed E-state index contributed by atoms with van der Waals surface area (Å²) in [5.74, 6) is -1.26. The first-order valence-corrected chi connectivity index (χ1v) is 14.8. The van der Waals surface area contributed by atoms with Crippen LogP contribution in [0.4, 0.5) is 21.6 Å². The van der Waals surface area contributed by atoms with Gasteiger partial charge in [0.25, 0.3) is 11.8 Å². The molecule has 1 aliphatic carbocycles. The number of hydrogen-bond acceptors (Lipinski definition) is 9. The quantitative estimate of drug-likeness (QED) is 0.214. The molecular weight excluding hydrogens is 578 g/mol. The lowest BCUT2D eigenvalue weighted by atomic mass is 9.49. The van der Waals surface area contributed by atoms with E-state index in [2.05, 4.69) is 36.1 Å². The Labute approximate surface area is 264 Å². The van der Waals surface area contributed by atoms with Crippen LogP contribution in [-0.4, -0.2) is 118 Å². The molecular formula is C28H39B3FN9O4. The molecule has 1 aliphatic rings. The molecule has 236 valence electrons. The minimum absolute atomic E-state index is 0.0646. The number of anilines is 3. The number of aryl methyl sites for hydroxylation is 1. The highest BCUT2D eigenvalue weighted by molar-refractivity contribution is 6.60. The number of hydrogen-bond donors (Lipinski definition) is 3. The molecule has 0 bridgehead atoms. The highest BCUT2D eigenvalue weighted by atomic mass is 19.1. The summed E-state index contributed by atoms with van der Waals surface area (Å²) in [6, 6.07) is 5.54. The largest absolute Gasteiger partial charge is 0.494 e. The topological polar surface area (TPSA) is 147 Å². The molecule has 2 heterocycles. The van der Waals surface area contributed by atoms with Crippen LogP contribution in [-0.2, 0) is 11.8 Å². The van der Waals surface area contributed by atoms with Gasteiger partial charge in [-0.15, -0.1) is 10.2 Å². The zero-order valence-corrected chi connectivity index (χ0v) is 27.1. The van der Waals surface area contributed by atoms with Crippen LogP contribution in [0.2, 0.25) is 0 Å². The van der Waals surface area contributed by atoms with Crippen molar-refractivity contribution in [2.45, 2.75) is 24.5 Å². The predicted molar refractivity (Wildman–Crippen MR) is 178 cm³/mol. The van der Waals surface area contributed by atoms with Gasteiger partial charge in [0, 0.05) is 44.3 Å². The minimum atomic E-state index is -0.613. The lowest BCUT2D eigenvalue weighted by molar-refractivity contribution is -0.117. The molecule has 17 heteroatoms. The first kappa shape index (κ1) is 33.5. The third kappa shape index (κ3) is 8.62. The molecule has 0 spiro atoms. The molecule has 0 atom stereocenters. The Bertz CT molecular complexity index is 1590. The zero-order chi connectivity index (χ0) is 33.1.